The molecule has 1 heterocycles. The van der Waals surface area contributed by atoms with Gasteiger partial charge in [0, 0.05) is 11.1 Å². The highest BCUT2D eigenvalue weighted by atomic mass is 35.5. The van der Waals surface area contributed by atoms with Gasteiger partial charge in [-0.1, -0.05) is 23.2 Å². The Morgan fingerprint density at radius 3 is 2.57 bits per heavy atom. The zero-order valence-electron chi connectivity index (χ0n) is 14.4. The molecule has 0 amide bonds. The third-order valence-electron chi connectivity index (χ3n) is 3.65. The molecule has 3 aromatic rings. The highest BCUT2D eigenvalue weighted by Gasteiger charge is 2.22. The minimum absolute atomic E-state index is 0.0924. The number of methoxy groups -OCH3 is 2. The van der Waals surface area contributed by atoms with Crippen molar-refractivity contribution < 1.29 is 14.4 Å². The van der Waals surface area contributed by atoms with E-state index in [1.54, 1.807) is 22.8 Å². The van der Waals surface area contributed by atoms with Crippen LogP contribution in [0.25, 0.3) is 5.69 Å². The lowest BCUT2D eigenvalue weighted by molar-refractivity contribution is -0.385. The van der Waals surface area contributed by atoms with E-state index in [0.717, 1.165) is 0 Å². The average molecular weight is 459 g/mol. The molecule has 0 aliphatic heterocycles. The van der Waals surface area contributed by atoms with E-state index in [9.17, 15) is 10.1 Å². The zero-order valence-corrected chi connectivity index (χ0v) is 17.6. The molecule has 2 aromatic carbocycles. The van der Waals surface area contributed by atoms with Gasteiger partial charge < -0.3 is 9.47 Å². The van der Waals surface area contributed by atoms with Gasteiger partial charge in [0.15, 0.2) is 10.9 Å². The smallest absolute Gasteiger partial charge is 0.314 e. The SMILES string of the molecule is COc1cc([N+](=O)[O-])c(OC)cc1Sc1n[nH]c(=S)n1-c1cc(Cl)ccc1Cl. The van der Waals surface area contributed by atoms with E-state index in [1.165, 1.54) is 38.1 Å². The normalized spacial score (nSPS) is 10.7. The number of nitro benzene ring substituents is 1. The second-order valence-electron chi connectivity index (χ2n) is 5.28. The molecule has 12 heteroatoms. The van der Waals surface area contributed by atoms with Crippen LogP contribution in [0.5, 0.6) is 11.5 Å². The van der Waals surface area contributed by atoms with Gasteiger partial charge in [-0.3, -0.25) is 19.8 Å². The standard InChI is InChI=1S/C16H12Cl2N4O4S2/c1-25-12-7-14(13(26-2)6-11(12)22(23)24)28-16-20-19-15(27)21(16)10-5-8(17)3-4-9(10)18/h3-7H,1-2H3,(H,19,27). The molecule has 0 radical (unpaired) electrons. The van der Waals surface area contributed by atoms with E-state index >= 15 is 0 Å². The van der Waals surface area contributed by atoms with Crippen molar-refractivity contribution in [2.75, 3.05) is 14.2 Å². The van der Waals surface area contributed by atoms with Crippen LogP contribution in [0.2, 0.25) is 10.0 Å². The van der Waals surface area contributed by atoms with Crippen molar-refractivity contribution in [3.8, 4) is 17.2 Å². The van der Waals surface area contributed by atoms with Gasteiger partial charge in [-0.2, -0.15) is 0 Å². The molecule has 28 heavy (non-hydrogen) atoms. The summed E-state index contributed by atoms with van der Waals surface area (Å²) in [7, 11) is 2.77. The fraction of sp³-hybridized carbons (Fsp3) is 0.125. The van der Waals surface area contributed by atoms with E-state index in [2.05, 4.69) is 10.2 Å². The molecule has 1 aromatic heterocycles. The Morgan fingerprint density at radius 2 is 1.93 bits per heavy atom. The summed E-state index contributed by atoms with van der Waals surface area (Å²) in [5, 5.41) is 19.5. The molecule has 0 saturated carbocycles. The lowest BCUT2D eigenvalue weighted by atomic mass is 10.3. The van der Waals surface area contributed by atoms with Gasteiger partial charge >= 0.3 is 5.69 Å². The van der Waals surface area contributed by atoms with Gasteiger partial charge in [-0.05, 0) is 42.2 Å². The monoisotopic (exact) mass is 458 g/mol. The molecular weight excluding hydrogens is 447 g/mol. The Bertz CT molecular complexity index is 1120. The van der Waals surface area contributed by atoms with Crippen LogP contribution in [0.1, 0.15) is 0 Å². The van der Waals surface area contributed by atoms with Crippen LogP contribution in [0.4, 0.5) is 5.69 Å². The molecule has 146 valence electrons. The Kier molecular flexibility index (Phi) is 6.14. The van der Waals surface area contributed by atoms with Gasteiger partial charge in [-0.15, -0.1) is 5.10 Å². The maximum absolute atomic E-state index is 11.2. The molecule has 0 bridgehead atoms. The van der Waals surface area contributed by atoms with Crippen molar-refractivity contribution in [1.82, 2.24) is 14.8 Å². The minimum Gasteiger partial charge on any atom is -0.495 e. The third-order valence-corrected chi connectivity index (χ3v) is 5.48. The second kappa shape index (κ2) is 8.39. The van der Waals surface area contributed by atoms with E-state index in [1.807, 2.05) is 0 Å². The van der Waals surface area contributed by atoms with E-state index < -0.39 is 4.92 Å². The number of aromatic amines is 1. The van der Waals surface area contributed by atoms with Crippen molar-refractivity contribution in [3.05, 3.63) is 55.3 Å². The van der Waals surface area contributed by atoms with Crippen LogP contribution in [-0.4, -0.2) is 33.9 Å². The van der Waals surface area contributed by atoms with Crippen molar-refractivity contribution >= 4 is 52.9 Å². The van der Waals surface area contributed by atoms with Crippen LogP contribution >= 0.6 is 47.2 Å². The Hall–Kier alpha value is -2.27. The first-order chi connectivity index (χ1) is 13.3. The van der Waals surface area contributed by atoms with E-state index in [0.29, 0.717) is 30.6 Å². The number of rotatable bonds is 6. The topological polar surface area (TPSA) is 95.2 Å². The largest absolute Gasteiger partial charge is 0.495 e. The maximum atomic E-state index is 11.2. The molecule has 3 rings (SSSR count). The summed E-state index contributed by atoms with van der Waals surface area (Å²) in [5.74, 6) is 0.380. The number of hydrogen-bond acceptors (Lipinski definition) is 7. The van der Waals surface area contributed by atoms with Crippen LogP contribution in [0, 0.1) is 14.9 Å². The lowest BCUT2D eigenvalue weighted by Crippen LogP contribution is -1.99. The van der Waals surface area contributed by atoms with Crippen molar-refractivity contribution in [2.24, 2.45) is 0 Å². The van der Waals surface area contributed by atoms with Crippen molar-refractivity contribution in [3.63, 3.8) is 0 Å². The first kappa shape index (κ1) is 20.5. The molecule has 0 saturated heterocycles. The Balaban J connectivity index is 2.12. The molecular formula is C16H12Cl2N4O4S2. The first-order valence-corrected chi connectivity index (χ1v) is 9.55. The summed E-state index contributed by atoms with van der Waals surface area (Å²) in [6.45, 7) is 0. The van der Waals surface area contributed by atoms with Gasteiger partial charge in [0.2, 0.25) is 4.77 Å². The third kappa shape index (κ3) is 3.95. The van der Waals surface area contributed by atoms with E-state index in [4.69, 9.17) is 44.9 Å². The summed E-state index contributed by atoms with van der Waals surface area (Å²) < 4.78 is 12.4. The predicted molar refractivity (Wildman–Crippen MR) is 109 cm³/mol. The number of nitro groups is 1. The fourth-order valence-electron chi connectivity index (χ4n) is 2.39. The second-order valence-corrected chi connectivity index (χ2v) is 7.52. The molecule has 0 fully saturated rings. The molecule has 8 nitrogen and oxygen atoms in total. The van der Waals surface area contributed by atoms with Crippen LogP contribution < -0.4 is 9.47 Å². The zero-order chi connectivity index (χ0) is 20.4. The summed E-state index contributed by atoms with van der Waals surface area (Å²) in [4.78, 5) is 11.2. The van der Waals surface area contributed by atoms with Crippen molar-refractivity contribution in [1.29, 1.82) is 0 Å². The van der Waals surface area contributed by atoms with Crippen LogP contribution in [0.15, 0.2) is 40.4 Å². The molecule has 1 N–H and O–H groups in total. The Morgan fingerprint density at radius 1 is 1.21 bits per heavy atom. The van der Waals surface area contributed by atoms with Gasteiger partial charge in [0.1, 0.15) is 5.75 Å². The van der Waals surface area contributed by atoms with Crippen LogP contribution in [-0.2, 0) is 0 Å². The number of benzene rings is 2. The number of ether oxygens (including phenoxy) is 2. The first-order valence-electron chi connectivity index (χ1n) is 7.56. The van der Waals surface area contributed by atoms with E-state index in [-0.39, 0.29) is 17.2 Å². The summed E-state index contributed by atoms with van der Waals surface area (Å²) in [6, 6.07) is 7.77. The number of aromatic nitrogens is 3. The minimum atomic E-state index is -0.544. The summed E-state index contributed by atoms with van der Waals surface area (Å²) in [5.41, 5.74) is 0.337. The highest BCUT2D eigenvalue weighted by Crippen LogP contribution is 2.42. The predicted octanol–water partition coefficient (Wildman–Crippen LogP) is 5.31. The summed E-state index contributed by atoms with van der Waals surface area (Å²) in [6.07, 6.45) is 0. The number of nitrogens with one attached hydrogen (secondary N) is 1. The quantitative estimate of drug-likeness (QED) is 0.303. The summed E-state index contributed by atoms with van der Waals surface area (Å²) >= 11 is 18.9. The van der Waals surface area contributed by atoms with Gasteiger partial charge in [0.25, 0.3) is 0 Å². The number of halogens is 2. The molecule has 0 unspecified atom stereocenters. The Labute approximate surface area is 178 Å². The lowest BCUT2D eigenvalue weighted by Gasteiger charge is -2.12. The molecule has 0 spiro atoms. The highest BCUT2D eigenvalue weighted by molar-refractivity contribution is 7.99. The number of H-pyrrole nitrogens is 1. The van der Waals surface area contributed by atoms with Crippen molar-refractivity contribution in [2.45, 2.75) is 10.1 Å². The molecule has 0 aliphatic rings. The molecule has 0 aliphatic carbocycles. The average Bonchev–Trinajstić information content (AvgIpc) is 3.03. The molecule has 0 atom stereocenters. The number of nitrogens with zero attached hydrogens (tertiary/aromatic N) is 3. The van der Waals surface area contributed by atoms with Crippen LogP contribution in [0.3, 0.4) is 0 Å². The van der Waals surface area contributed by atoms with Gasteiger partial charge in [0.05, 0.1) is 40.8 Å². The van der Waals surface area contributed by atoms with Gasteiger partial charge in [-0.25, -0.2) is 0 Å². The maximum Gasteiger partial charge on any atom is 0.314 e. The fourth-order valence-corrected chi connectivity index (χ4v) is 4.03. The number of hydrogen-bond donors (Lipinski definition) is 1.